The average Bonchev–Trinajstić information content (AvgIpc) is 3.16. The molecule has 0 spiro atoms. The Kier molecular flexibility index (Phi) is 20.7. The molecule has 3 aromatic carbocycles. The van der Waals surface area contributed by atoms with Crippen LogP contribution in [0.2, 0.25) is 39.3 Å². The first-order chi connectivity index (χ1) is 13.8. The van der Waals surface area contributed by atoms with Crippen molar-refractivity contribution in [2.45, 2.75) is 39.3 Å². The number of carbonyl (C=O) groups is 1. The number of carbonyl (C=O) groups excluding carboxylic acids is 1. The van der Waals surface area contributed by atoms with Gasteiger partial charge in [0.15, 0.2) is 0 Å². The van der Waals surface area contributed by atoms with E-state index in [0.29, 0.717) is 5.56 Å². The summed E-state index contributed by atoms with van der Waals surface area (Å²) in [7, 11) is -2.39. The molecule has 180 valence electrons. The smallest absolute Gasteiger partial charge is 0.664 e. The summed E-state index contributed by atoms with van der Waals surface area (Å²) in [5.74, 6) is -0.629. The summed E-state index contributed by atoms with van der Waals surface area (Å²) < 4.78 is 0. The van der Waals surface area contributed by atoms with Gasteiger partial charge in [-0.3, -0.25) is 0 Å². The van der Waals surface area contributed by atoms with E-state index in [9.17, 15) is 4.79 Å². The Labute approximate surface area is 231 Å². The molecule has 0 aliphatic carbocycles. The Morgan fingerprint density at radius 3 is 1.53 bits per heavy atom. The standard InChI is InChI=1S/C10H22Si2.C9H7.C7H7NO.2CH3.Si.Ti/c1-9(11(3,4)5)10(2)12(6,7)8;1-2-5-9-7-3-6-8(9)4-1;8-7(9)6-4-2-1-3-5-6;;;;/h1-2H2,3-8H3;1-7H;1-5H,(H2,8,9);2*1H3;;/q;-1;;2*-1;;+4/p-1. The fourth-order valence-corrected chi connectivity index (χ4v) is 6.63. The molecule has 6 heteroatoms. The molecule has 3 rings (SSSR count). The largest absolute Gasteiger partial charge is 4.00 e. The summed E-state index contributed by atoms with van der Waals surface area (Å²) in [6, 6.07) is 23.2. The zero-order valence-corrected chi connectivity index (χ0v) is 26.8. The van der Waals surface area contributed by atoms with Gasteiger partial charge in [0.1, 0.15) is 0 Å². The van der Waals surface area contributed by atoms with Crippen LogP contribution in [0.1, 0.15) is 10.4 Å². The van der Waals surface area contributed by atoms with Crippen LogP contribution in [0.3, 0.4) is 0 Å². The first-order valence-corrected chi connectivity index (χ1v) is 17.1. The Morgan fingerprint density at radius 2 is 1.18 bits per heavy atom. The molecule has 0 aliphatic heterocycles. The van der Waals surface area contributed by atoms with E-state index >= 15 is 0 Å². The van der Waals surface area contributed by atoms with Crippen molar-refractivity contribution in [1.29, 1.82) is 0 Å². The van der Waals surface area contributed by atoms with Crippen molar-refractivity contribution in [1.82, 2.24) is 0 Å². The Morgan fingerprint density at radius 1 is 0.765 bits per heavy atom. The molecular formula is C28H41NOSi3Ti. The number of nitrogens with one attached hydrogen (secondary N) is 1. The molecule has 1 N–H and O–H groups in total. The summed E-state index contributed by atoms with van der Waals surface area (Å²) in [6.45, 7) is 22.4. The van der Waals surface area contributed by atoms with Gasteiger partial charge in [0.25, 0.3) is 0 Å². The van der Waals surface area contributed by atoms with Gasteiger partial charge in [-0.25, -0.2) is 0 Å². The molecule has 0 bridgehead atoms. The van der Waals surface area contributed by atoms with Crippen molar-refractivity contribution in [3.8, 4) is 0 Å². The van der Waals surface area contributed by atoms with Crippen LogP contribution in [-0.4, -0.2) is 33.0 Å². The molecule has 0 aromatic heterocycles. The van der Waals surface area contributed by atoms with E-state index < -0.39 is 22.1 Å². The Hall–Kier alpha value is -1.64. The molecule has 4 radical (unpaired) electrons. The maximum Gasteiger partial charge on any atom is 4.00 e. The Balaban J connectivity index is -0.000000189. The Bertz CT molecular complexity index is 930. The molecular weight excluding hydrogens is 498 g/mol. The molecule has 1 amide bonds. The van der Waals surface area contributed by atoms with Crippen LogP contribution in [0.5, 0.6) is 0 Å². The van der Waals surface area contributed by atoms with Crippen molar-refractivity contribution in [2.75, 3.05) is 0 Å². The molecule has 0 unspecified atom stereocenters. The quantitative estimate of drug-likeness (QED) is 0.185. The molecule has 0 heterocycles. The van der Waals surface area contributed by atoms with Gasteiger partial charge in [-0.15, -0.1) is 29.7 Å². The summed E-state index contributed by atoms with van der Waals surface area (Å²) in [4.78, 5) is 10.3. The number of hydrogen-bond acceptors (Lipinski definition) is 1. The zero-order valence-electron chi connectivity index (χ0n) is 22.3. The van der Waals surface area contributed by atoms with Crippen molar-refractivity contribution in [3.05, 3.63) is 122 Å². The first kappa shape index (κ1) is 39.6. The van der Waals surface area contributed by atoms with Crippen molar-refractivity contribution in [3.63, 3.8) is 0 Å². The molecule has 0 saturated carbocycles. The summed E-state index contributed by atoms with van der Waals surface area (Å²) in [6.07, 6.45) is 0. The minimum Gasteiger partial charge on any atom is -0.664 e. The third kappa shape index (κ3) is 13.9. The normalized spacial score (nSPS) is 9.59. The van der Waals surface area contributed by atoms with Crippen LogP contribution >= 0.6 is 0 Å². The van der Waals surface area contributed by atoms with E-state index in [1.807, 2.05) is 6.07 Å². The van der Waals surface area contributed by atoms with Crippen LogP contribution in [0, 0.1) is 14.9 Å². The van der Waals surface area contributed by atoms with E-state index in [1.165, 1.54) is 21.2 Å². The van der Waals surface area contributed by atoms with Gasteiger partial charge < -0.3 is 25.4 Å². The van der Waals surface area contributed by atoms with Gasteiger partial charge in [-0.05, 0) is 5.56 Å². The second-order valence-corrected chi connectivity index (χ2v) is 19.5. The number of rotatable bonds is 4. The predicted octanol–water partition coefficient (Wildman–Crippen LogP) is 8.81. The van der Waals surface area contributed by atoms with E-state index in [0.717, 1.165) is 0 Å². The van der Waals surface area contributed by atoms with Gasteiger partial charge in [0, 0.05) is 11.0 Å². The van der Waals surface area contributed by atoms with Crippen molar-refractivity contribution >= 4 is 43.8 Å². The molecule has 2 nitrogen and oxygen atoms in total. The summed E-state index contributed by atoms with van der Waals surface area (Å²) >= 11 is 0. The van der Waals surface area contributed by atoms with E-state index in [1.54, 1.807) is 24.3 Å². The topological polar surface area (TPSA) is 40.9 Å². The van der Waals surface area contributed by atoms with Crippen LogP contribution in [0.4, 0.5) is 0 Å². The number of allylic oxidation sites excluding steroid dienone is 2. The van der Waals surface area contributed by atoms with Gasteiger partial charge >= 0.3 is 21.7 Å². The molecule has 34 heavy (non-hydrogen) atoms. The maximum atomic E-state index is 10.3. The van der Waals surface area contributed by atoms with E-state index in [4.69, 9.17) is 5.73 Å². The SMILES string of the molecule is C=C(C(=C)[Si](C)(C)C)[Si](C)(C)C.[CH3-].[CH3-].[NH-]C(=O)c1ccccc1.[Si].[Ti+4].c1ccc2[cH-]ccc2c1. The first-order valence-electron chi connectivity index (χ1n) is 10.1. The average molecular weight is 540 g/mol. The van der Waals surface area contributed by atoms with Gasteiger partial charge in [-0.1, -0.05) is 99.2 Å². The third-order valence-electron chi connectivity index (χ3n) is 4.76. The minimum absolute atomic E-state index is 0. The summed E-state index contributed by atoms with van der Waals surface area (Å²) in [5.41, 5.74) is 7.12. The van der Waals surface area contributed by atoms with Crippen molar-refractivity contribution in [2.24, 2.45) is 0 Å². The molecule has 0 aliphatic rings. The van der Waals surface area contributed by atoms with Gasteiger partial charge in [-0.2, -0.15) is 17.5 Å². The minimum atomic E-state index is -1.19. The number of fused-ring (bicyclic) bond motifs is 1. The van der Waals surface area contributed by atoms with Gasteiger partial charge in [0.2, 0.25) is 0 Å². The van der Waals surface area contributed by atoms with Crippen LogP contribution in [-0.2, 0) is 21.7 Å². The zero-order chi connectivity index (χ0) is 22.9. The fraction of sp³-hybridized carbons (Fsp3) is 0.214. The second-order valence-electron chi connectivity index (χ2n) is 9.31. The van der Waals surface area contributed by atoms with Crippen LogP contribution in [0.15, 0.2) is 96.3 Å². The summed E-state index contributed by atoms with van der Waals surface area (Å²) in [5, 5.41) is 5.39. The monoisotopic (exact) mass is 539 g/mol. The molecule has 0 saturated heterocycles. The van der Waals surface area contributed by atoms with Crippen LogP contribution in [0.25, 0.3) is 16.5 Å². The van der Waals surface area contributed by atoms with Gasteiger partial charge in [0.05, 0.1) is 22.1 Å². The number of benzene rings is 2. The molecule has 0 atom stereocenters. The maximum absolute atomic E-state index is 10.3. The van der Waals surface area contributed by atoms with Crippen molar-refractivity contribution < 1.29 is 26.5 Å². The molecule has 0 fully saturated rings. The fourth-order valence-electron chi connectivity index (χ4n) is 2.56. The predicted molar refractivity (Wildman–Crippen MR) is 158 cm³/mol. The molecule has 3 aromatic rings. The number of amides is 1. The number of hydrogen-bond donors (Lipinski definition) is 0. The second kappa shape index (κ2) is 17.7. The van der Waals surface area contributed by atoms with E-state index in [-0.39, 0.29) is 47.5 Å². The third-order valence-corrected chi connectivity index (χ3v) is 9.23. The van der Waals surface area contributed by atoms with E-state index in [2.05, 4.69) is 94.9 Å². The van der Waals surface area contributed by atoms with Crippen LogP contribution < -0.4 is 0 Å².